The van der Waals surface area contributed by atoms with Crippen molar-refractivity contribution in [2.24, 2.45) is 5.10 Å². The van der Waals surface area contributed by atoms with Crippen LogP contribution in [-0.4, -0.2) is 60.3 Å². The molecule has 0 radical (unpaired) electrons. The highest BCUT2D eigenvalue weighted by Gasteiger charge is 2.37. The van der Waals surface area contributed by atoms with Gasteiger partial charge >= 0.3 is 5.97 Å². The first-order valence-electron chi connectivity index (χ1n) is 11.6. The number of likely N-dealkylation sites (tertiary alicyclic amines) is 1. The fraction of sp³-hybridized carbons (Fsp3) is 0.423. The van der Waals surface area contributed by atoms with Crippen LogP contribution in [0.15, 0.2) is 59.7 Å². The van der Waals surface area contributed by atoms with E-state index >= 15 is 0 Å². The zero-order chi connectivity index (χ0) is 23.2. The average Bonchev–Trinajstić information content (AvgIpc) is 3.30. The van der Waals surface area contributed by atoms with Gasteiger partial charge in [0.15, 0.2) is 0 Å². The number of esters is 1. The number of hydrazone groups is 1. The summed E-state index contributed by atoms with van der Waals surface area (Å²) in [5, 5.41) is 6.37. The zero-order valence-electron chi connectivity index (χ0n) is 19.3. The Labute approximate surface area is 195 Å². The third kappa shape index (κ3) is 5.09. The van der Waals surface area contributed by atoms with Gasteiger partial charge in [-0.15, -0.1) is 0 Å². The molecule has 2 aromatic carbocycles. The van der Waals surface area contributed by atoms with Crippen molar-refractivity contribution in [3.63, 3.8) is 0 Å². The van der Waals surface area contributed by atoms with Gasteiger partial charge in [0.25, 0.3) is 5.91 Å². The zero-order valence-corrected chi connectivity index (χ0v) is 19.3. The SMILES string of the molecule is CCOC(=O)[C@@H]1CCCCN1CC(=O)N1N=C(c2ccccc2OC)C[C@@H]1c1ccccc1. The number of nitrogens with zero attached hydrogens (tertiary/aromatic N) is 3. The molecular formula is C26H31N3O4. The number of methoxy groups -OCH3 is 1. The lowest BCUT2D eigenvalue weighted by atomic mass is 9.98. The van der Waals surface area contributed by atoms with Crippen molar-refractivity contribution in [2.45, 2.75) is 44.7 Å². The normalized spacial score (nSPS) is 20.9. The molecule has 2 heterocycles. The van der Waals surface area contributed by atoms with E-state index in [1.54, 1.807) is 19.0 Å². The lowest BCUT2D eigenvalue weighted by molar-refractivity contribution is -0.152. The maximum atomic E-state index is 13.5. The molecule has 7 nitrogen and oxygen atoms in total. The van der Waals surface area contributed by atoms with Gasteiger partial charge in [-0.05, 0) is 44.0 Å². The Kier molecular flexibility index (Phi) is 7.40. The van der Waals surface area contributed by atoms with E-state index in [2.05, 4.69) is 0 Å². The molecule has 2 atom stereocenters. The summed E-state index contributed by atoms with van der Waals surface area (Å²) in [6, 6.07) is 17.1. The molecule has 2 aliphatic heterocycles. The van der Waals surface area contributed by atoms with Crippen LogP contribution in [0, 0.1) is 0 Å². The molecule has 2 aliphatic rings. The monoisotopic (exact) mass is 449 g/mol. The predicted octanol–water partition coefficient (Wildman–Crippen LogP) is 3.79. The highest BCUT2D eigenvalue weighted by atomic mass is 16.5. The Hall–Kier alpha value is -3.19. The van der Waals surface area contributed by atoms with Crippen LogP contribution in [0.2, 0.25) is 0 Å². The second-order valence-corrected chi connectivity index (χ2v) is 8.35. The van der Waals surface area contributed by atoms with Gasteiger partial charge in [0.2, 0.25) is 0 Å². The van der Waals surface area contributed by atoms with Crippen molar-refractivity contribution in [1.29, 1.82) is 0 Å². The van der Waals surface area contributed by atoms with E-state index in [1.807, 2.05) is 59.5 Å². The summed E-state index contributed by atoms with van der Waals surface area (Å²) in [5.74, 6) is 0.366. The van der Waals surface area contributed by atoms with Crippen LogP contribution in [0.3, 0.4) is 0 Å². The third-order valence-electron chi connectivity index (χ3n) is 6.28. The van der Waals surface area contributed by atoms with Gasteiger partial charge in [0, 0.05) is 12.0 Å². The van der Waals surface area contributed by atoms with Gasteiger partial charge in [0.1, 0.15) is 11.8 Å². The van der Waals surface area contributed by atoms with Crippen molar-refractivity contribution in [1.82, 2.24) is 9.91 Å². The number of hydrogen-bond acceptors (Lipinski definition) is 6. The lowest BCUT2D eigenvalue weighted by Crippen LogP contribution is -2.49. The summed E-state index contributed by atoms with van der Waals surface area (Å²) < 4.78 is 10.8. The first kappa shape index (κ1) is 23.0. The largest absolute Gasteiger partial charge is 0.496 e. The maximum absolute atomic E-state index is 13.5. The number of benzene rings is 2. The molecule has 0 N–H and O–H groups in total. The summed E-state index contributed by atoms with van der Waals surface area (Å²) in [7, 11) is 1.64. The maximum Gasteiger partial charge on any atom is 0.323 e. The molecule has 33 heavy (non-hydrogen) atoms. The van der Waals surface area contributed by atoms with Crippen LogP contribution in [0.25, 0.3) is 0 Å². The Morgan fingerprint density at radius 1 is 1.06 bits per heavy atom. The predicted molar refractivity (Wildman–Crippen MR) is 126 cm³/mol. The highest BCUT2D eigenvalue weighted by Crippen LogP contribution is 2.35. The third-order valence-corrected chi connectivity index (χ3v) is 6.28. The number of hydrogen-bond donors (Lipinski definition) is 0. The number of para-hydroxylation sites is 1. The van der Waals surface area contributed by atoms with E-state index in [4.69, 9.17) is 14.6 Å². The smallest absolute Gasteiger partial charge is 0.323 e. The minimum Gasteiger partial charge on any atom is -0.496 e. The standard InChI is InChI=1S/C26H31N3O4/c1-3-33-26(31)22-14-9-10-16-28(22)18-25(30)29-23(19-11-5-4-6-12-19)17-21(27-29)20-13-7-8-15-24(20)32-2/h4-8,11-13,15,22-23H,3,9-10,14,16-18H2,1-2H3/t22-,23+/m0/s1. The van der Waals surface area contributed by atoms with E-state index in [0.29, 0.717) is 26.0 Å². The topological polar surface area (TPSA) is 71.4 Å². The van der Waals surface area contributed by atoms with E-state index in [-0.39, 0.29) is 30.5 Å². The summed E-state index contributed by atoms with van der Waals surface area (Å²) in [6.45, 7) is 2.97. The van der Waals surface area contributed by atoms with Gasteiger partial charge < -0.3 is 9.47 Å². The summed E-state index contributed by atoms with van der Waals surface area (Å²) in [5.41, 5.74) is 2.73. The summed E-state index contributed by atoms with van der Waals surface area (Å²) >= 11 is 0. The molecule has 0 unspecified atom stereocenters. The minimum absolute atomic E-state index is 0.120. The van der Waals surface area contributed by atoms with Crippen LogP contribution < -0.4 is 4.74 Å². The molecule has 0 aromatic heterocycles. The van der Waals surface area contributed by atoms with Gasteiger partial charge in [-0.25, -0.2) is 5.01 Å². The van der Waals surface area contributed by atoms with Crippen LogP contribution in [0.4, 0.5) is 0 Å². The van der Waals surface area contributed by atoms with Crippen molar-refractivity contribution >= 4 is 17.6 Å². The Morgan fingerprint density at radius 3 is 2.58 bits per heavy atom. The quantitative estimate of drug-likeness (QED) is 0.602. The average molecular weight is 450 g/mol. The second kappa shape index (κ2) is 10.6. The highest BCUT2D eigenvalue weighted by molar-refractivity contribution is 6.05. The number of rotatable bonds is 7. The molecule has 4 rings (SSSR count). The summed E-state index contributed by atoms with van der Waals surface area (Å²) in [6.07, 6.45) is 3.23. The molecule has 0 aliphatic carbocycles. The molecule has 0 saturated carbocycles. The number of ether oxygens (including phenoxy) is 2. The van der Waals surface area contributed by atoms with E-state index in [1.165, 1.54) is 0 Å². The molecule has 174 valence electrons. The van der Waals surface area contributed by atoms with Gasteiger partial charge in [-0.3, -0.25) is 14.5 Å². The van der Waals surface area contributed by atoms with Gasteiger partial charge in [0.05, 0.1) is 32.0 Å². The fourth-order valence-electron chi connectivity index (χ4n) is 4.65. The van der Waals surface area contributed by atoms with Crippen molar-refractivity contribution in [3.05, 3.63) is 65.7 Å². The number of piperidine rings is 1. The fourth-order valence-corrected chi connectivity index (χ4v) is 4.65. The van der Waals surface area contributed by atoms with E-state index in [9.17, 15) is 9.59 Å². The number of carbonyl (C=O) groups excluding carboxylic acids is 2. The number of amides is 1. The van der Waals surface area contributed by atoms with Gasteiger partial charge in [-0.1, -0.05) is 48.9 Å². The van der Waals surface area contributed by atoms with Crippen LogP contribution >= 0.6 is 0 Å². The Bertz CT molecular complexity index is 1010. The lowest BCUT2D eigenvalue weighted by Gasteiger charge is -2.34. The van der Waals surface area contributed by atoms with E-state index in [0.717, 1.165) is 35.4 Å². The molecular weight excluding hydrogens is 418 g/mol. The van der Waals surface area contributed by atoms with Crippen molar-refractivity contribution in [3.8, 4) is 5.75 Å². The van der Waals surface area contributed by atoms with Crippen LogP contribution in [0.1, 0.15) is 49.8 Å². The second-order valence-electron chi connectivity index (χ2n) is 8.35. The summed E-state index contributed by atoms with van der Waals surface area (Å²) in [4.78, 5) is 28.0. The molecule has 0 spiro atoms. The van der Waals surface area contributed by atoms with Crippen molar-refractivity contribution < 1.29 is 19.1 Å². The first-order chi connectivity index (χ1) is 16.1. The van der Waals surface area contributed by atoms with Crippen LogP contribution in [-0.2, 0) is 14.3 Å². The molecule has 2 aromatic rings. The number of carbonyl (C=O) groups is 2. The molecule has 1 saturated heterocycles. The minimum atomic E-state index is -0.377. The Morgan fingerprint density at radius 2 is 1.82 bits per heavy atom. The van der Waals surface area contributed by atoms with Crippen molar-refractivity contribution in [2.75, 3.05) is 26.8 Å². The van der Waals surface area contributed by atoms with Gasteiger partial charge in [-0.2, -0.15) is 5.10 Å². The Balaban J connectivity index is 1.60. The van der Waals surface area contributed by atoms with E-state index < -0.39 is 0 Å². The molecule has 7 heteroatoms. The molecule has 1 fully saturated rings. The molecule has 0 bridgehead atoms. The molecule has 1 amide bonds. The van der Waals surface area contributed by atoms with Crippen LogP contribution in [0.5, 0.6) is 5.75 Å². The first-order valence-corrected chi connectivity index (χ1v) is 11.6.